The van der Waals surface area contributed by atoms with E-state index in [1.54, 1.807) is 0 Å². The number of hydrogen-bond donors (Lipinski definition) is 1. The number of aryl methyl sites for hydroxylation is 1. The highest BCUT2D eigenvalue weighted by Gasteiger charge is 2.19. The van der Waals surface area contributed by atoms with Crippen LogP contribution in [0, 0.1) is 0 Å². The van der Waals surface area contributed by atoms with Gasteiger partial charge in [-0.25, -0.2) is 0 Å². The van der Waals surface area contributed by atoms with Crippen molar-refractivity contribution in [2.24, 2.45) is 0 Å². The Morgan fingerprint density at radius 2 is 1.79 bits per heavy atom. The first-order chi connectivity index (χ1) is 11.9. The summed E-state index contributed by atoms with van der Waals surface area (Å²) in [6.45, 7) is 2.26. The molecular formula is C20H23NO2S. The Morgan fingerprint density at radius 3 is 2.62 bits per heavy atom. The molecule has 0 radical (unpaired) electrons. The predicted octanol–water partition coefficient (Wildman–Crippen LogP) is 3.85. The molecule has 0 spiro atoms. The van der Waals surface area contributed by atoms with E-state index in [9.17, 15) is 0 Å². The average Bonchev–Trinajstić information content (AvgIpc) is 3.09. The van der Waals surface area contributed by atoms with Gasteiger partial charge in [-0.2, -0.15) is 11.8 Å². The van der Waals surface area contributed by atoms with E-state index in [1.165, 1.54) is 28.9 Å². The van der Waals surface area contributed by atoms with Gasteiger partial charge < -0.3 is 14.8 Å². The van der Waals surface area contributed by atoms with Crippen LogP contribution in [0.15, 0.2) is 48.5 Å². The standard InChI is InChI=1S/C20H23NO2S/c1-2-4-18-16(3-1)9-12-24-14-19(18)21-13-15-5-7-17(8-6-15)20-22-10-11-23-20/h1-8,19-21H,9-14H2/t19-/m1/s1. The van der Waals surface area contributed by atoms with Gasteiger partial charge in [-0.3, -0.25) is 0 Å². The molecule has 3 nitrogen and oxygen atoms in total. The highest BCUT2D eigenvalue weighted by atomic mass is 32.2. The monoisotopic (exact) mass is 341 g/mol. The molecule has 24 heavy (non-hydrogen) atoms. The number of nitrogens with one attached hydrogen (secondary N) is 1. The Bertz CT molecular complexity index is 668. The second-order valence-corrected chi connectivity index (χ2v) is 7.42. The van der Waals surface area contributed by atoms with Crippen molar-refractivity contribution in [2.45, 2.75) is 25.3 Å². The van der Waals surface area contributed by atoms with E-state index in [4.69, 9.17) is 9.47 Å². The molecule has 1 fully saturated rings. The lowest BCUT2D eigenvalue weighted by molar-refractivity contribution is -0.0441. The molecule has 2 heterocycles. The summed E-state index contributed by atoms with van der Waals surface area (Å²) in [5.41, 5.74) is 5.35. The van der Waals surface area contributed by atoms with Crippen LogP contribution in [-0.2, 0) is 22.4 Å². The Kier molecular flexibility index (Phi) is 5.18. The van der Waals surface area contributed by atoms with E-state index in [0.29, 0.717) is 19.3 Å². The quantitative estimate of drug-likeness (QED) is 0.915. The van der Waals surface area contributed by atoms with Crippen molar-refractivity contribution in [1.82, 2.24) is 5.32 Å². The molecule has 0 aromatic heterocycles. The fraction of sp³-hybridized carbons (Fsp3) is 0.400. The minimum Gasteiger partial charge on any atom is -0.346 e. The molecule has 0 aliphatic carbocycles. The molecule has 126 valence electrons. The smallest absolute Gasteiger partial charge is 0.184 e. The summed E-state index contributed by atoms with van der Waals surface area (Å²) in [6.07, 6.45) is 0.992. The van der Waals surface area contributed by atoms with E-state index in [0.717, 1.165) is 17.9 Å². The third-order valence-electron chi connectivity index (χ3n) is 4.66. The van der Waals surface area contributed by atoms with Crippen LogP contribution in [-0.4, -0.2) is 24.7 Å². The molecule has 1 saturated heterocycles. The number of benzene rings is 2. The lowest BCUT2D eigenvalue weighted by Gasteiger charge is -2.19. The van der Waals surface area contributed by atoms with E-state index in [1.807, 2.05) is 11.8 Å². The lowest BCUT2D eigenvalue weighted by Crippen LogP contribution is -2.23. The van der Waals surface area contributed by atoms with Crippen molar-refractivity contribution in [3.63, 3.8) is 0 Å². The van der Waals surface area contributed by atoms with Gasteiger partial charge >= 0.3 is 0 Å². The molecule has 4 heteroatoms. The maximum absolute atomic E-state index is 5.55. The largest absolute Gasteiger partial charge is 0.346 e. The molecule has 1 atom stereocenters. The average molecular weight is 341 g/mol. The van der Waals surface area contributed by atoms with Gasteiger partial charge in [0, 0.05) is 23.9 Å². The number of hydrogen-bond acceptors (Lipinski definition) is 4. The minimum atomic E-state index is -0.183. The van der Waals surface area contributed by atoms with Crippen molar-refractivity contribution in [3.8, 4) is 0 Å². The zero-order chi connectivity index (χ0) is 16.2. The van der Waals surface area contributed by atoms with Crippen LogP contribution in [0.1, 0.15) is 34.6 Å². The van der Waals surface area contributed by atoms with Gasteiger partial charge in [0.15, 0.2) is 6.29 Å². The summed E-state index contributed by atoms with van der Waals surface area (Å²) in [4.78, 5) is 0. The van der Waals surface area contributed by atoms with Gasteiger partial charge in [-0.1, -0.05) is 48.5 Å². The molecule has 2 aliphatic rings. The molecule has 2 aliphatic heterocycles. The normalized spacial score (nSPS) is 21.4. The summed E-state index contributed by atoms with van der Waals surface area (Å²) in [5, 5.41) is 3.74. The van der Waals surface area contributed by atoms with Crippen molar-refractivity contribution in [1.29, 1.82) is 0 Å². The zero-order valence-electron chi connectivity index (χ0n) is 13.7. The van der Waals surface area contributed by atoms with Crippen molar-refractivity contribution in [3.05, 3.63) is 70.8 Å². The molecule has 2 aromatic carbocycles. The van der Waals surface area contributed by atoms with Crippen LogP contribution in [0.3, 0.4) is 0 Å². The molecule has 0 unspecified atom stereocenters. The second kappa shape index (κ2) is 7.70. The molecule has 1 N–H and O–H groups in total. The van der Waals surface area contributed by atoms with E-state index >= 15 is 0 Å². The number of fused-ring (bicyclic) bond motifs is 1. The van der Waals surface area contributed by atoms with Gasteiger partial charge in [0.05, 0.1) is 13.2 Å². The summed E-state index contributed by atoms with van der Waals surface area (Å²) in [7, 11) is 0. The van der Waals surface area contributed by atoms with Crippen LogP contribution < -0.4 is 5.32 Å². The van der Waals surface area contributed by atoms with Gasteiger partial charge in [0.2, 0.25) is 0 Å². The van der Waals surface area contributed by atoms with E-state index in [-0.39, 0.29) is 6.29 Å². The maximum Gasteiger partial charge on any atom is 0.184 e. The fourth-order valence-corrected chi connectivity index (χ4v) is 4.39. The van der Waals surface area contributed by atoms with Crippen molar-refractivity contribution in [2.75, 3.05) is 24.7 Å². The van der Waals surface area contributed by atoms with Crippen LogP contribution in [0.2, 0.25) is 0 Å². The minimum absolute atomic E-state index is 0.183. The van der Waals surface area contributed by atoms with Crippen LogP contribution >= 0.6 is 11.8 Å². The summed E-state index contributed by atoms with van der Waals surface area (Å²) in [6, 6.07) is 17.8. The molecule has 2 aromatic rings. The van der Waals surface area contributed by atoms with E-state index in [2.05, 4.69) is 53.8 Å². The predicted molar refractivity (Wildman–Crippen MR) is 98.1 cm³/mol. The van der Waals surface area contributed by atoms with Crippen molar-refractivity contribution >= 4 is 11.8 Å². The Morgan fingerprint density at radius 1 is 1.00 bits per heavy atom. The SMILES string of the molecule is c1ccc2c(c1)CCSC[C@H]2NCc1ccc(C2OCCO2)cc1. The molecule has 0 bridgehead atoms. The first kappa shape index (κ1) is 16.2. The van der Waals surface area contributed by atoms with Crippen LogP contribution in [0.5, 0.6) is 0 Å². The summed E-state index contributed by atoms with van der Waals surface area (Å²) < 4.78 is 11.1. The zero-order valence-corrected chi connectivity index (χ0v) is 14.6. The Hall–Kier alpha value is -1.33. The van der Waals surface area contributed by atoms with Gasteiger partial charge in [0.25, 0.3) is 0 Å². The Balaban J connectivity index is 1.41. The highest BCUT2D eigenvalue weighted by molar-refractivity contribution is 7.99. The highest BCUT2D eigenvalue weighted by Crippen LogP contribution is 2.28. The topological polar surface area (TPSA) is 30.5 Å². The van der Waals surface area contributed by atoms with Gasteiger partial charge in [-0.05, 0) is 28.9 Å². The second-order valence-electron chi connectivity index (χ2n) is 6.27. The number of thioether (sulfide) groups is 1. The Labute approximate surface area is 147 Å². The van der Waals surface area contributed by atoms with Gasteiger partial charge in [0.1, 0.15) is 0 Å². The maximum atomic E-state index is 5.55. The van der Waals surface area contributed by atoms with E-state index < -0.39 is 0 Å². The lowest BCUT2D eigenvalue weighted by atomic mass is 9.99. The molecule has 0 saturated carbocycles. The first-order valence-electron chi connectivity index (χ1n) is 8.61. The third-order valence-corrected chi connectivity index (χ3v) is 5.72. The van der Waals surface area contributed by atoms with Gasteiger partial charge in [-0.15, -0.1) is 0 Å². The summed E-state index contributed by atoms with van der Waals surface area (Å²) >= 11 is 2.04. The molecule has 4 rings (SSSR count). The first-order valence-corrected chi connectivity index (χ1v) is 9.76. The molecular weight excluding hydrogens is 318 g/mol. The summed E-state index contributed by atoms with van der Waals surface area (Å²) in [5.74, 6) is 2.35. The number of rotatable bonds is 4. The van der Waals surface area contributed by atoms with Crippen LogP contribution in [0.4, 0.5) is 0 Å². The number of ether oxygens (including phenoxy) is 2. The fourth-order valence-electron chi connectivity index (χ4n) is 3.33. The third kappa shape index (κ3) is 3.67. The molecule has 0 amide bonds. The van der Waals surface area contributed by atoms with Crippen LogP contribution in [0.25, 0.3) is 0 Å². The van der Waals surface area contributed by atoms with Crippen molar-refractivity contribution < 1.29 is 9.47 Å².